The summed E-state index contributed by atoms with van der Waals surface area (Å²) in [5.41, 5.74) is 6.17. The number of aliphatic carboxylic acids is 2. The molecule has 2 unspecified atom stereocenters. The monoisotopic (exact) mass is 267 g/mol. The van der Waals surface area contributed by atoms with Crippen molar-refractivity contribution in [3.05, 3.63) is 29.8 Å². The fourth-order valence-electron chi connectivity index (χ4n) is 1.72. The molecule has 0 saturated carbocycles. The van der Waals surface area contributed by atoms with Gasteiger partial charge in [-0.05, 0) is 30.5 Å². The molecular weight excluding hydrogens is 250 g/mol. The Balaban J connectivity index is 2.72. The van der Waals surface area contributed by atoms with Crippen LogP contribution in [0, 0.1) is 5.92 Å². The van der Waals surface area contributed by atoms with E-state index in [-0.39, 0.29) is 12.8 Å². The Kier molecular flexibility index (Phi) is 5.32. The summed E-state index contributed by atoms with van der Waals surface area (Å²) in [5, 5.41) is 17.8. The zero-order valence-electron chi connectivity index (χ0n) is 10.6. The number of methoxy groups -OCH3 is 1. The van der Waals surface area contributed by atoms with Crippen LogP contribution in [0.15, 0.2) is 24.3 Å². The van der Waals surface area contributed by atoms with Gasteiger partial charge in [-0.2, -0.15) is 0 Å². The maximum atomic E-state index is 11.1. The summed E-state index contributed by atoms with van der Waals surface area (Å²) in [6, 6.07) is 5.79. The van der Waals surface area contributed by atoms with Gasteiger partial charge in [-0.25, -0.2) is 0 Å². The third-order valence-corrected chi connectivity index (χ3v) is 2.85. The number of carboxylic acids is 2. The van der Waals surface area contributed by atoms with E-state index in [0.29, 0.717) is 5.75 Å². The molecule has 0 aliphatic rings. The largest absolute Gasteiger partial charge is 0.497 e. The summed E-state index contributed by atoms with van der Waals surface area (Å²) >= 11 is 0. The highest BCUT2D eigenvalue weighted by Crippen LogP contribution is 2.17. The molecule has 0 amide bonds. The molecule has 104 valence electrons. The Morgan fingerprint density at radius 3 is 2.21 bits per heavy atom. The Morgan fingerprint density at radius 2 is 1.79 bits per heavy atom. The van der Waals surface area contributed by atoms with E-state index < -0.39 is 23.9 Å². The number of rotatable bonds is 7. The van der Waals surface area contributed by atoms with E-state index in [0.717, 1.165) is 5.56 Å². The van der Waals surface area contributed by atoms with Gasteiger partial charge >= 0.3 is 11.9 Å². The molecule has 2 atom stereocenters. The zero-order valence-corrected chi connectivity index (χ0v) is 10.6. The molecule has 6 nitrogen and oxygen atoms in total. The molecule has 0 aliphatic heterocycles. The highest BCUT2D eigenvalue weighted by molar-refractivity contribution is 5.76. The standard InChI is InChI=1S/C13H17NO5/c1-19-10-4-2-8(3-5-10)6-9(12(15)16)7-11(14)13(17)18/h2-5,9,11H,6-7,14H2,1H3,(H,15,16)(H,17,18). The molecule has 0 heterocycles. The molecule has 0 spiro atoms. The van der Waals surface area contributed by atoms with Crippen molar-refractivity contribution < 1.29 is 24.5 Å². The van der Waals surface area contributed by atoms with Gasteiger partial charge in [0.1, 0.15) is 11.8 Å². The van der Waals surface area contributed by atoms with Crippen LogP contribution in [-0.4, -0.2) is 35.3 Å². The van der Waals surface area contributed by atoms with Gasteiger partial charge in [-0.15, -0.1) is 0 Å². The van der Waals surface area contributed by atoms with Gasteiger partial charge in [0.25, 0.3) is 0 Å². The van der Waals surface area contributed by atoms with Crippen LogP contribution in [0.1, 0.15) is 12.0 Å². The minimum absolute atomic E-state index is 0.101. The molecule has 0 aliphatic carbocycles. The maximum absolute atomic E-state index is 11.1. The van der Waals surface area contributed by atoms with Crippen LogP contribution in [0.4, 0.5) is 0 Å². The molecular formula is C13H17NO5. The predicted molar refractivity (Wildman–Crippen MR) is 68.1 cm³/mol. The summed E-state index contributed by atoms with van der Waals surface area (Å²) < 4.78 is 5.00. The summed E-state index contributed by atoms with van der Waals surface area (Å²) in [7, 11) is 1.54. The Morgan fingerprint density at radius 1 is 1.21 bits per heavy atom. The van der Waals surface area contributed by atoms with Gasteiger partial charge in [0.15, 0.2) is 0 Å². The average Bonchev–Trinajstić information content (AvgIpc) is 2.38. The third-order valence-electron chi connectivity index (χ3n) is 2.85. The fourth-order valence-corrected chi connectivity index (χ4v) is 1.72. The van der Waals surface area contributed by atoms with Crippen molar-refractivity contribution >= 4 is 11.9 Å². The molecule has 1 aromatic rings. The van der Waals surface area contributed by atoms with Crippen molar-refractivity contribution in [1.29, 1.82) is 0 Å². The Labute approximate surface area is 110 Å². The van der Waals surface area contributed by atoms with Crippen LogP contribution in [0.2, 0.25) is 0 Å². The average molecular weight is 267 g/mol. The molecule has 0 fully saturated rings. The second-order valence-electron chi connectivity index (χ2n) is 4.27. The van der Waals surface area contributed by atoms with Crippen molar-refractivity contribution in [3.63, 3.8) is 0 Å². The third kappa shape index (κ3) is 4.59. The minimum atomic E-state index is -1.19. The van der Waals surface area contributed by atoms with E-state index >= 15 is 0 Å². The summed E-state index contributed by atoms with van der Waals surface area (Å²) in [4.78, 5) is 21.8. The van der Waals surface area contributed by atoms with Crippen molar-refractivity contribution in [2.75, 3.05) is 7.11 Å². The molecule has 1 rings (SSSR count). The molecule has 0 bridgehead atoms. The van der Waals surface area contributed by atoms with Crippen LogP contribution in [-0.2, 0) is 16.0 Å². The lowest BCUT2D eigenvalue weighted by atomic mass is 9.93. The zero-order chi connectivity index (χ0) is 14.4. The molecule has 0 aromatic heterocycles. The SMILES string of the molecule is COc1ccc(CC(CC(N)C(=O)O)C(=O)O)cc1. The molecule has 4 N–H and O–H groups in total. The topological polar surface area (TPSA) is 110 Å². The van der Waals surface area contributed by atoms with E-state index in [4.69, 9.17) is 20.7 Å². The van der Waals surface area contributed by atoms with Crippen molar-refractivity contribution in [3.8, 4) is 5.75 Å². The number of carbonyl (C=O) groups is 2. The highest BCUT2D eigenvalue weighted by atomic mass is 16.5. The number of ether oxygens (including phenoxy) is 1. The van der Waals surface area contributed by atoms with E-state index in [2.05, 4.69) is 0 Å². The first-order valence-electron chi connectivity index (χ1n) is 5.78. The quantitative estimate of drug-likeness (QED) is 0.672. The first-order valence-corrected chi connectivity index (χ1v) is 5.78. The van der Waals surface area contributed by atoms with Crippen LogP contribution in [0.25, 0.3) is 0 Å². The second kappa shape index (κ2) is 6.75. The van der Waals surface area contributed by atoms with Gasteiger partial charge in [-0.3, -0.25) is 9.59 Å². The van der Waals surface area contributed by atoms with Crippen molar-refractivity contribution in [2.45, 2.75) is 18.9 Å². The normalized spacial score (nSPS) is 13.6. The lowest BCUT2D eigenvalue weighted by Crippen LogP contribution is -2.35. The smallest absolute Gasteiger partial charge is 0.320 e. The van der Waals surface area contributed by atoms with E-state index in [1.807, 2.05) is 0 Å². The minimum Gasteiger partial charge on any atom is -0.497 e. The number of carboxylic acid groups (broad SMARTS) is 2. The number of nitrogens with two attached hydrogens (primary N) is 1. The van der Waals surface area contributed by atoms with Gasteiger partial charge in [-0.1, -0.05) is 12.1 Å². The first-order chi connectivity index (χ1) is 8.93. The van der Waals surface area contributed by atoms with Crippen LogP contribution >= 0.6 is 0 Å². The van der Waals surface area contributed by atoms with E-state index in [1.54, 1.807) is 31.4 Å². The molecule has 1 aromatic carbocycles. The van der Waals surface area contributed by atoms with Crippen molar-refractivity contribution in [1.82, 2.24) is 0 Å². The molecule has 19 heavy (non-hydrogen) atoms. The Bertz CT molecular complexity index is 443. The fraction of sp³-hybridized carbons (Fsp3) is 0.385. The second-order valence-corrected chi connectivity index (χ2v) is 4.27. The van der Waals surface area contributed by atoms with Crippen LogP contribution in [0.5, 0.6) is 5.75 Å². The van der Waals surface area contributed by atoms with Crippen molar-refractivity contribution in [2.24, 2.45) is 11.7 Å². The van der Waals surface area contributed by atoms with Crippen LogP contribution < -0.4 is 10.5 Å². The summed E-state index contributed by atoms with van der Waals surface area (Å²) in [6.45, 7) is 0. The predicted octanol–water partition coefficient (Wildman–Crippen LogP) is 0.740. The summed E-state index contributed by atoms with van der Waals surface area (Å²) in [5.74, 6) is -2.38. The lowest BCUT2D eigenvalue weighted by Gasteiger charge is -2.15. The Hall–Kier alpha value is -2.08. The van der Waals surface area contributed by atoms with E-state index in [9.17, 15) is 9.59 Å². The molecule has 0 saturated heterocycles. The molecule has 6 heteroatoms. The summed E-state index contributed by atoms with van der Waals surface area (Å²) in [6.07, 6.45) is 0.136. The molecule has 0 radical (unpaired) electrons. The van der Waals surface area contributed by atoms with E-state index in [1.165, 1.54) is 0 Å². The first kappa shape index (κ1) is 15.0. The van der Waals surface area contributed by atoms with Gasteiger partial charge in [0.05, 0.1) is 13.0 Å². The number of hydrogen-bond donors (Lipinski definition) is 3. The lowest BCUT2D eigenvalue weighted by molar-refractivity contribution is -0.143. The van der Waals surface area contributed by atoms with Gasteiger partial charge < -0.3 is 20.7 Å². The number of benzene rings is 1. The highest BCUT2D eigenvalue weighted by Gasteiger charge is 2.24. The maximum Gasteiger partial charge on any atom is 0.320 e. The van der Waals surface area contributed by atoms with Crippen LogP contribution in [0.3, 0.4) is 0 Å². The van der Waals surface area contributed by atoms with Gasteiger partial charge in [0, 0.05) is 0 Å². The van der Waals surface area contributed by atoms with Gasteiger partial charge in [0.2, 0.25) is 0 Å². The number of hydrogen-bond acceptors (Lipinski definition) is 4.